The predicted molar refractivity (Wildman–Crippen MR) is 41.7 cm³/mol. The molecule has 0 aromatic heterocycles. The van der Waals surface area contributed by atoms with Crippen LogP contribution in [0.5, 0.6) is 0 Å². The fraction of sp³-hybridized carbons (Fsp3) is 0.667. The minimum absolute atomic E-state index is 0.295. The first kappa shape index (κ1) is 11.0. The van der Waals surface area contributed by atoms with Gasteiger partial charge in [0.1, 0.15) is 0 Å². The first-order valence-electron chi connectivity index (χ1n) is 3.29. The molecule has 0 fully saturated rings. The van der Waals surface area contributed by atoms with E-state index in [9.17, 15) is 9.59 Å². The van der Waals surface area contributed by atoms with E-state index in [0.29, 0.717) is 0 Å². The third-order valence-electron chi connectivity index (χ3n) is 1.16. The highest BCUT2D eigenvalue weighted by Gasteiger charge is 2.25. The van der Waals surface area contributed by atoms with E-state index in [1.54, 1.807) is 18.7 Å². The van der Waals surface area contributed by atoms with E-state index >= 15 is 0 Å². The molecule has 0 aliphatic carbocycles. The van der Waals surface area contributed by atoms with Crippen molar-refractivity contribution >= 4 is 23.8 Å². The Labute approximate surface area is 74.8 Å². The lowest BCUT2D eigenvalue weighted by molar-refractivity contribution is -0.149. The molecule has 0 bridgehead atoms. The van der Waals surface area contributed by atoms with Gasteiger partial charge in [-0.25, -0.2) is 14.4 Å². The number of carboxylic acids is 1. The Balaban J connectivity index is 4.14. The zero-order chi connectivity index (χ0) is 9.72. The highest BCUT2D eigenvalue weighted by atomic mass is 35.5. The van der Waals surface area contributed by atoms with Crippen LogP contribution in [0.4, 0.5) is 4.79 Å². The molecular weight excluding hydrogens is 186 g/mol. The standard InChI is InChI=1S/C6H10ClNO4/c1-3(2)4(5(9)10)12-6(11)8-7/h3-4H,1-2H3,(H,8,11)(H,9,10)/t4-/m0/s1. The molecule has 0 aromatic rings. The summed E-state index contributed by atoms with van der Waals surface area (Å²) in [6, 6.07) is 0. The number of carbonyl (C=O) groups is 2. The average molecular weight is 196 g/mol. The lowest BCUT2D eigenvalue weighted by atomic mass is 10.1. The summed E-state index contributed by atoms with van der Waals surface area (Å²) in [5, 5.41) is 8.54. The number of carboxylic acid groups (broad SMARTS) is 1. The summed E-state index contributed by atoms with van der Waals surface area (Å²) in [4.78, 5) is 22.6. The number of aliphatic carboxylic acids is 1. The van der Waals surface area contributed by atoms with E-state index in [2.05, 4.69) is 4.74 Å². The minimum atomic E-state index is -1.19. The van der Waals surface area contributed by atoms with Crippen molar-refractivity contribution in [3.05, 3.63) is 0 Å². The molecule has 1 amide bonds. The molecule has 0 aromatic carbocycles. The lowest BCUT2D eigenvalue weighted by Crippen LogP contribution is -2.34. The van der Waals surface area contributed by atoms with Crippen LogP contribution in [0.15, 0.2) is 0 Å². The van der Waals surface area contributed by atoms with Gasteiger partial charge in [-0.05, 0) is 0 Å². The maximum absolute atomic E-state index is 10.5. The maximum atomic E-state index is 10.5. The van der Waals surface area contributed by atoms with E-state index < -0.39 is 18.2 Å². The van der Waals surface area contributed by atoms with E-state index in [4.69, 9.17) is 16.9 Å². The number of hydrogen-bond donors (Lipinski definition) is 2. The summed E-state index contributed by atoms with van der Waals surface area (Å²) in [5.41, 5.74) is 0. The monoisotopic (exact) mass is 195 g/mol. The number of rotatable bonds is 3. The van der Waals surface area contributed by atoms with Crippen LogP contribution in [0.2, 0.25) is 0 Å². The Morgan fingerprint density at radius 1 is 1.50 bits per heavy atom. The normalized spacial score (nSPS) is 12.3. The van der Waals surface area contributed by atoms with Gasteiger partial charge in [0.25, 0.3) is 0 Å². The molecule has 1 atom stereocenters. The molecule has 70 valence electrons. The van der Waals surface area contributed by atoms with Gasteiger partial charge in [-0.1, -0.05) is 13.8 Å². The van der Waals surface area contributed by atoms with Crippen LogP contribution >= 0.6 is 11.8 Å². The molecule has 12 heavy (non-hydrogen) atoms. The van der Waals surface area contributed by atoms with Gasteiger partial charge < -0.3 is 9.84 Å². The number of nitrogens with one attached hydrogen (secondary N) is 1. The van der Waals surface area contributed by atoms with Crippen LogP contribution in [-0.4, -0.2) is 23.3 Å². The number of carbonyl (C=O) groups excluding carboxylic acids is 1. The molecule has 0 aliphatic heterocycles. The Morgan fingerprint density at radius 2 is 2.00 bits per heavy atom. The molecule has 0 heterocycles. The summed E-state index contributed by atoms with van der Waals surface area (Å²) in [7, 11) is 0. The number of hydrogen-bond acceptors (Lipinski definition) is 3. The van der Waals surface area contributed by atoms with Gasteiger partial charge in [-0.2, -0.15) is 0 Å². The zero-order valence-corrected chi connectivity index (χ0v) is 7.46. The molecule has 0 aliphatic rings. The van der Waals surface area contributed by atoms with E-state index in [-0.39, 0.29) is 5.92 Å². The van der Waals surface area contributed by atoms with Crippen LogP contribution < -0.4 is 4.84 Å². The Bertz CT molecular complexity index is 182. The Kier molecular flexibility index (Phi) is 4.43. The quantitative estimate of drug-likeness (QED) is 0.659. The van der Waals surface area contributed by atoms with Crippen LogP contribution in [0.25, 0.3) is 0 Å². The number of halogens is 1. The second kappa shape index (κ2) is 4.82. The van der Waals surface area contributed by atoms with Crippen molar-refractivity contribution in [3.63, 3.8) is 0 Å². The summed E-state index contributed by atoms with van der Waals surface area (Å²) in [5.74, 6) is -1.48. The predicted octanol–water partition coefficient (Wildman–Crippen LogP) is 0.976. The van der Waals surface area contributed by atoms with E-state index in [0.717, 1.165) is 0 Å². The van der Waals surface area contributed by atoms with Crippen molar-refractivity contribution in [2.75, 3.05) is 0 Å². The molecule has 2 N–H and O–H groups in total. The van der Waals surface area contributed by atoms with Gasteiger partial charge in [0, 0.05) is 17.7 Å². The van der Waals surface area contributed by atoms with E-state index in [1.165, 1.54) is 0 Å². The Hall–Kier alpha value is -0.970. The third-order valence-corrected chi connectivity index (χ3v) is 1.31. The first-order chi connectivity index (χ1) is 5.49. The molecule has 0 rings (SSSR count). The fourth-order valence-corrected chi connectivity index (χ4v) is 0.654. The van der Waals surface area contributed by atoms with Crippen LogP contribution in [-0.2, 0) is 9.53 Å². The largest absolute Gasteiger partial charge is 0.478 e. The highest BCUT2D eigenvalue weighted by Crippen LogP contribution is 2.06. The topological polar surface area (TPSA) is 75.6 Å². The second-order valence-electron chi connectivity index (χ2n) is 2.50. The summed E-state index contributed by atoms with van der Waals surface area (Å²) in [6.07, 6.45) is -2.12. The van der Waals surface area contributed by atoms with Gasteiger partial charge in [0.15, 0.2) is 0 Å². The van der Waals surface area contributed by atoms with Gasteiger partial charge in [-0.3, -0.25) is 0 Å². The molecule has 0 saturated heterocycles. The molecule has 0 radical (unpaired) electrons. The summed E-state index contributed by atoms with van der Waals surface area (Å²) < 4.78 is 4.44. The average Bonchev–Trinajstić information content (AvgIpc) is 1.98. The lowest BCUT2D eigenvalue weighted by Gasteiger charge is -2.15. The SMILES string of the molecule is CC(C)[C@H](OC(=O)NCl)C(=O)O. The zero-order valence-electron chi connectivity index (χ0n) is 6.70. The molecular formula is C6H10ClNO4. The van der Waals surface area contributed by atoms with Gasteiger partial charge in [-0.15, -0.1) is 0 Å². The van der Waals surface area contributed by atoms with Crippen molar-refractivity contribution in [1.29, 1.82) is 0 Å². The van der Waals surface area contributed by atoms with Crippen molar-refractivity contribution in [3.8, 4) is 0 Å². The second-order valence-corrected chi connectivity index (χ2v) is 2.69. The molecule has 0 spiro atoms. The summed E-state index contributed by atoms with van der Waals surface area (Å²) >= 11 is 4.89. The van der Waals surface area contributed by atoms with Crippen molar-refractivity contribution < 1.29 is 19.4 Å². The van der Waals surface area contributed by atoms with Crippen molar-refractivity contribution in [2.24, 2.45) is 5.92 Å². The molecule has 0 saturated carbocycles. The minimum Gasteiger partial charge on any atom is -0.478 e. The van der Waals surface area contributed by atoms with Crippen LogP contribution in [0.3, 0.4) is 0 Å². The summed E-state index contributed by atoms with van der Waals surface area (Å²) in [6.45, 7) is 3.25. The van der Waals surface area contributed by atoms with Crippen LogP contribution in [0, 0.1) is 5.92 Å². The maximum Gasteiger partial charge on any atom is 0.422 e. The smallest absolute Gasteiger partial charge is 0.422 e. The molecule has 0 unspecified atom stereocenters. The van der Waals surface area contributed by atoms with Crippen molar-refractivity contribution in [1.82, 2.24) is 4.84 Å². The fourth-order valence-electron chi connectivity index (χ4n) is 0.609. The first-order valence-corrected chi connectivity index (χ1v) is 3.67. The molecule has 6 heteroatoms. The van der Waals surface area contributed by atoms with Crippen LogP contribution in [0.1, 0.15) is 13.8 Å². The van der Waals surface area contributed by atoms with Gasteiger partial charge in [0.05, 0.1) is 0 Å². The van der Waals surface area contributed by atoms with Gasteiger partial charge >= 0.3 is 12.1 Å². The Morgan fingerprint density at radius 3 is 2.25 bits per heavy atom. The third kappa shape index (κ3) is 3.43. The molecule has 5 nitrogen and oxygen atoms in total. The van der Waals surface area contributed by atoms with Crippen molar-refractivity contribution in [2.45, 2.75) is 20.0 Å². The number of amides is 1. The highest BCUT2D eigenvalue weighted by molar-refractivity contribution is 6.20. The van der Waals surface area contributed by atoms with E-state index in [1.807, 2.05) is 0 Å². The number of ether oxygens (including phenoxy) is 1. The van der Waals surface area contributed by atoms with Gasteiger partial charge in [0.2, 0.25) is 6.10 Å².